The van der Waals surface area contributed by atoms with Crippen LogP contribution in [0.3, 0.4) is 0 Å². The third-order valence-electron chi connectivity index (χ3n) is 3.57. The van der Waals surface area contributed by atoms with Crippen LogP contribution >= 0.6 is 0 Å². The normalized spacial score (nSPS) is 10.4. The summed E-state index contributed by atoms with van der Waals surface area (Å²) in [6, 6.07) is 14.6. The molecule has 0 aliphatic heterocycles. The van der Waals surface area contributed by atoms with Crippen molar-refractivity contribution in [3.63, 3.8) is 0 Å². The molecule has 0 saturated heterocycles. The first-order valence-electron chi connectivity index (χ1n) is 7.89. The van der Waals surface area contributed by atoms with Crippen molar-refractivity contribution in [2.24, 2.45) is 0 Å². The first kappa shape index (κ1) is 17.8. The van der Waals surface area contributed by atoms with Crippen molar-refractivity contribution in [1.29, 1.82) is 0 Å². The van der Waals surface area contributed by atoms with Crippen LogP contribution in [0.5, 0.6) is 0 Å². The average Bonchev–Trinajstić information content (AvgIpc) is 2.60. The van der Waals surface area contributed by atoms with Crippen molar-refractivity contribution >= 4 is 17.3 Å². The van der Waals surface area contributed by atoms with Crippen LogP contribution in [0.15, 0.2) is 48.5 Å². The Hall–Kier alpha value is -2.50. The number of aliphatic hydroxyl groups is 1. The molecular formula is C19H22N2O3. The second-order valence-electron chi connectivity index (χ2n) is 5.52. The SMILES string of the molecule is Cc1cccc(NCC(=O)c2ccccc2C(=O)CNCCO)c1. The largest absolute Gasteiger partial charge is 0.395 e. The number of rotatable bonds is 9. The predicted molar refractivity (Wildman–Crippen MR) is 94.7 cm³/mol. The van der Waals surface area contributed by atoms with Crippen molar-refractivity contribution in [2.45, 2.75) is 6.92 Å². The van der Waals surface area contributed by atoms with E-state index in [9.17, 15) is 9.59 Å². The summed E-state index contributed by atoms with van der Waals surface area (Å²) >= 11 is 0. The van der Waals surface area contributed by atoms with Crippen molar-refractivity contribution in [1.82, 2.24) is 5.32 Å². The fraction of sp³-hybridized carbons (Fsp3) is 0.263. The summed E-state index contributed by atoms with van der Waals surface area (Å²) < 4.78 is 0. The molecule has 0 fully saturated rings. The summed E-state index contributed by atoms with van der Waals surface area (Å²) in [6.45, 7) is 2.51. The highest BCUT2D eigenvalue weighted by atomic mass is 16.3. The topological polar surface area (TPSA) is 78.4 Å². The van der Waals surface area contributed by atoms with Crippen molar-refractivity contribution in [3.05, 3.63) is 65.2 Å². The Kier molecular flexibility index (Phi) is 6.66. The minimum Gasteiger partial charge on any atom is -0.395 e. The summed E-state index contributed by atoms with van der Waals surface area (Å²) in [5.74, 6) is -0.300. The zero-order chi connectivity index (χ0) is 17.4. The molecule has 0 radical (unpaired) electrons. The number of ketones is 2. The van der Waals surface area contributed by atoms with E-state index in [1.165, 1.54) is 0 Å². The Morgan fingerprint density at radius 1 is 0.958 bits per heavy atom. The Balaban J connectivity index is 2.05. The Labute approximate surface area is 141 Å². The third kappa shape index (κ3) is 5.01. The number of Topliss-reactive ketones (excluding diaryl/α,β-unsaturated/α-hetero) is 2. The zero-order valence-corrected chi connectivity index (χ0v) is 13.7. The second kappa shape index (κ2) is 8.96. The predicted octanol–water partition coefficient (Wildman–Crippen LogP) is 2.05. The van der Waals surface area contributed by atoms with E-state index in [0.29, 0.717) is 17.7 Å². The molecule has 2 rings (SSSR count). The maximum absolute atomic E-state index is 12.5. The molecule has 5 heteroatoms. The van der Waals surface area contributed by atoms with Crippen LogP contribution < -0.4 is 10.6 Å². The van der Waals surface area contributed by atoms with Gasteiger partial charge in [0.15, 0.2) is 11.6 Å². The van der Waals surface area contributed by atoms with Crippen LogP contribution in [0.2, 0.25) is 0 Å². The summed E-state index contributed by atoms with van der Waals surface area (Å²) in [4.78, 5) is 24.7. The molecule has 24 heavy (non-hydrogen) atoms. The molecule has 0 saturated carbocycles. The van der Waals surface area contributed by atoms with E-state index < -0.39 is 0 Å². The monoisotopic (exact) mass is 326 g/mol. The number of benzene rings is 2. The third-order valence-corrected chi connectivity index (χ3v) is 3.57. The van der Waals surface area contributed by atoms with E-state index >= 15 is 0 Å². The lowest BCUT2D eigenvalue weighted by Crippen LogP contribution is -2.27. The summed E-state index contributed by atoms with van der Waals surface area (Å²) in [5, 5.41) is 14.7. The molecule has 0 aromatic heterocycles. The number of carbonyl (C=O) groups is 2. The minimum atomic E-state index is -0.164. The lowest BCUT2D eigenvalue weighted by molar-refractivity contribution is 0.0964. The number of hydrogen-bond donors (Lipinski definition) is 3. The molecule has 0 spiro atoms. The fourth-order valence-electron chi connectivity index (χ4n) is 2.38. The second-order valence-corrected chi connectivity index (χ2v) is 5.52. The molecular weight excluding hydrogens is 304 g/mol. The van der Waals surface area contributed by atoms with E-state index in [0.717, 1.165) is 11.3 Å². The molecule has 0 amide bonds. The first-order valence-corrected chi connectivity index (χ1v) is 7.89. The van der Waals surface area contributed by atoms with Crippen molar-refractivity contribution in [2.75, 3.05) is 31.6 Å². The van der Waals surface area contributed by atoms with Gasteiger partial charge in [0.1, 0.15) is 0 Å². The van der Waals surface area contributed by atoms with Gasteiger partial charge in [-0.05, 0) is 24.6 Å². The lowest BCUT2D eigenvalue weighted by Gasteiger charge is -2.10. The van der Waals surface area contributed by atoms with Crippen LogP contribution in [0.4, 0.5) is 5.69 Å². The van der Waals surface area contributed by atoms with Crippen LogP contribution in [0, 0.1) is 6.92 Å². The van der Waals surface area contributed by atoms with Crippen molar-refractivity contribution < 1.29 is 14.7 Å². The van der Waals surface area contributed by atoms with Gasteiger partial charge in [0.2, 0.25) is 0 Å². The Bertz CT molecular complexity index is 713. The van der Waals surface area contributed by atoms with Gasteiger partial charge >= 0.3 is 0 Å². The number of hydrogen-bond acceptors (Lipinski definition) is 5. The van der Waals surface area contributed by atoms with Gasteiger partial charge in [-0.25, -0.2) is 0 Å². The molecule has 2 aromatic carbocycles. The number of aliphatic hydroxyl groups excluding tert-OH is 1. The molecule has 0 aliphatic rings. The fourth-order valence-corrected chi connectivity index (χ4v) is 2.38. The van der Waals surface area contributed by atoms with E-state index in [4.69, 9.17) is 5.11 Å². The van der Waals surface area contributed by atoms with Gasteiger partial charge in [0.05, 0.1) is 19.7 Å². The van der Waals surface area contributed by atoms with E-state index in [1.54, 1.807) is 24.3 Å². The molecule has 0 unspecified atom stereocenters. The van der Waals surface area contributed by atoms with Gasteiger partial charge in [0.25, 0.3) is 0 Å². The van der Waals surface area contributed by atoms with Crippen LogP contribution in [0.25, 0.3) is 0 Å². The zero-order valence-electron chi connectivity index (χ0n) is 13.7. The molecule has 126 valence electrons. The van der Waals surface area contributed by atoms with E-state index in [1.807, 2.05) is 31.2 Å². The highest BCUT2D eigenvalue weighted by molar-refractivity contribution is 6.10. The molecule has 0 bridgehead atoms. The molecule has 5 nitrogen and oxygen atoms in total. The first-order chi connectivity index (χ1) is 11.6. The highest BCUT2D eigenvalue weighted by Gasteiger charge is 2.16. The lowest BCUT2D eigenvalue weighted by atomic mass is 10.00. The molecule has 0 atom stereocenters. The smallest absolute Gasteiger partial charge is 0.182 e. The number of aryl methyl sites for hydroxylation is 1. The van der Waals surface area contributed by atoms with Crippen LogP contribution in [-0.4, -0.2) is 42.9 Å². The van der Waals surface area contributed by atoms with E-state index in [2.05, 4.69) is 10.6 Å². The summed E-state index contributed by atoms with van der Waals surface area (Å²) in [6.07, 6.45) is 0. The maximum atomic E-state index is 12.5. The Morgan fingerprint density at radius 2 is 1.62 bits per heavy atom. The van der Waals surface area contributed by atoms with Crippen molar-refractivity contribution in [3.8, 4) is 0 Å². The molecule has 2 aromatic rings. The number of nitrogens with one attached hydrogen (secondary N) is 2. The maximum Gasteiger partial charge on any atom is 0.182 e. The van der Waals surface area contributed by atoms with Gasteiger partial charge in [-0.2, -0.15) is 0 Å². The highest BCUT2D eigenvalue weighted by Crippen LogP contribution is 2.13. The Morgan fingerprint density at radius 3 is 2.25 bits per heavy atom. The molecule has 3 N–H and O–H groups in total. The van der Waals surface area contributed by atoms with E-state index in [-0.39, 0.29) is 31.3 Å². The van der Waals surface area contributed by atoms with Gasteiger partial charge in [-0.15, -0.1) is 0 Å². The van der Waals surface area contributed by atoms with Crippen LogP contribution in [-0.2, 0) is 0 Å². The quantitative estimate of drug-likeness (QED) is 0.485. The molecule has 0 heterocycles. The summed E-state index contributed by atoms with van der Waals surface area (Å²) in [7, 11) is 0. The number of carbonyl (C=O) groups excluding carboxylic acids is 2. The van der Waals surface area contributed by atoms with Gasteiger partial charge in [-0.1, -0.05) is 36.4 Å². The number of anilines is 1. The van der Waals surface area contributed by atoms with Gasteiger partial charge in [-0.3, -0.25) is 9.59 Å². The minimum absolute atomic E-state index is 0.0335. The van der Waals surface area contributed by atoms with Gasteiger partial charge < -0.3 is 15.7 Å². The summed E-state index contributed by atoms with van der Waals surface area (Å²) in [5.41, 5.74) is 2.79. The van der Waals surface area contributed by atoms with Crippen LogP contribution in [0.1, 0.15) is 26.3 Å². The molecule has 0 aliphatic carbocycles. The average molecular weight is 326 g/mol. The standard InChI is InChI=1S/C19H22N2O3/c1-14-5-4-6-15(11-14)21-13-19(24)17-8-3-2-7-16(17)18(23)12-20-9-10-22/h2-8,11,20-22H,9-10,12-13H2,1H3. The van der Waals surface area contributed by atoms with Gasteiger partial charge in [0, 0.05) is 23.4 Å².